The Bertz CT molecular complexity index is 449. The maximum Gasteiger partial charge on any atom is 0.239 e. The summed E-state index contributed by atoms with van der Waals surface area (Å²) in [5.41, 5.74) is 0.682. The van der Waals surface area contributed by atoms with Crippen molar-refractivity contribution < 1.29 is 4.79 Å². The van der Waals surface area contributed by atoms with E-state index < -0.39 is 0 Å². The molecule has 0 atom stereocenters. The largest absolute Gasteiger partial charge is 0.361 e. The van der Waals surface area contributed by atoms with Crippen molar-refractivity contribution in [3.05, 3.63) is 17.6 Å². The van der Waals surface area contributed by atoms with Crippen LogP contribution in [0.15, 0.2) is 6.07 Å². The second-order valence-electron chi connectivity index (χ2n) is 6.06. The highest BCUT2D eigenvalue weighted by Gasteiger charge is 2.13. The molecule has 0 saturated carbocycles. The van der Waals surface area contributed by atoms with Crippen molar-refractivity contribution in [2.75, 3.05) is 11.9 Å². The van der Waals surface area contributed by atoms with Gasteiger partial charge in [-0.15, -0.1) is 0 Å². The number of carbonyl (C=O) groups excluding carboxylic acids is 1. The van der Waals surface area contributed by atoms with Crippen LogP contribution in [0.1, 0.15) is 52.1 Å². The van der Waals surface area contributed by atoms with Crippen molar-refractivity contribution in [1.82, 2.24) is 15.3 Å². The molecule has 0 saturated heterocycles. The fourth-order valence-electron chi connectivity index (χ4n) is 1.57. The zero-order valence-electron chi connectivity index (χ0n) is 12.7. The van der Waals surface area contributed by atoms with Crippen molar-refractivity contribution >= 4 is 11.7 Å². The molecule has 5 nitrogen and oxygen atoms in total. The van der Waals surface area contributed by atoms with Crippen LogP contribution in [0.4, 0.5) is 5.82 Å². The molecule has 0 bridgehead atoms. The first-order valence-corrected chi connectivity index (χ1v) is 6.58. The Morgan fingerprint density at radius 2 is 1.95 bits per heavy atom. The molecule has 106 valence electrons. The van der Waals surface area contributed by atoms with Crippen molar-refractivity contribution in [1.29, 1.82) is 0 Å². The third kappa shape index (κ3) is 5.68. The van der Waals surface area contributed by atoms with Gasteiger partial charge in [-0.1, -0.05) is 13.8 Å². The number of rotatable bonds is 4. The van der Waals surface area contributed by atoms with Crippen molar-refractivity contribution in [3.8, 4) is 0 Å². The van der Waals surface area contributed by atoms with E-state index in [2.05, 4.69) is 20.6 Å². The van der Waals surface area contributed by atoms with Gasteiger partial charge in [0, 0.05) is 23.2 Å². The molecule has 0 unspecified atom stereocenters. The molecule has 1 aromatic rings. The smallest absolute Gasteiger partial charge is 0.239 e. The van der Waals surface area contributed by atoms with Crippen LogP contribution in [0.3, 0.4) is 0 Å². The second kappa shape index (κ2) is 5.99. The summed E-state index contributed by atoms with van der Waals surface area (Å²) in [6.45, 7) is 12.1. The Hall–Kier alpha value is -1.65. The monoisotopic (exact) mass is 264 g/mol. The van der Waals surface area contributed by atoms with E-state index >= 15 is 0 Å². The molecule has 1 heterocycles. The Morgan fingerprint density at radius 1 is 1.32 bits per heavy atom. The van der Waals surface area contributed by atoms with Gasteiger partial charge in [0.2, 0.25) is 5.91 Å². The highest BCUT2D eigenvalue weighted by molar-refractivity contribution is 5.81. The molecule has 19 heavy (non-hydrogen) atoms. The minimum atomic E-state index is -0.219. The van der Waals surface area contributed by atoms with Crippen molar-refractivity contribution in [2.24, 2.45) is 0 Å². The maximum atomic E-state index is 11.7. The predicted octanol–water partition coefficient (Wildman–Crippen LogP) is 2.24. The van der Waals surface area contributed by atoms with Gasteiger partial charge in [-0.3, -0.25) is 4.79 Å². The van der Waals surface area contributed by atoms with E-state index in [1.807, 2.05) is 47.6 Å². The van der Waals surface area contributed by atoms with Crippen LogP contribution < -0.4 is 10.6 Å². The highest BCUT2D eigenvalue weighted by Crippen LogP contribution is 2.13. The van der Waals surface area contributed by atoms with E-state index in [1.165, 1.54) is 0 Å². The molecule has 5 heteroatoms. The lowest BCUT2D eigenvalue weighted by atomic mass is 10.1. The first-order chi connectivity index (χ1) is 8.67. The van der Waals surface area contributed by atoms with Gasteiger partial charge in [-0.25, -0.2) is 9.97 Å². The first kappa shape index (κ1) is 15.4. The maximum absolute atomic E-state index is 11.7. The van der Waals surface area contributed by atoms with Crippen LogP contribution in [-0.4, -0.2) is 28.0 Å². The van der Waals surface area contributed by atoms with E-state index in [1.54, 1.807) is 0 Å². The summed E-state index contributed by atoms with van der Waals surface area (Å²) in [5, 5.41) is 5.94. The number of anilines is 1. The summed E-state index contributed by atoms with van der Waals surface area (Å²) in [7, 11) is 0. The standard InChI is InChI=1S/C14H24N4O/c1-9(2)13-16-10(3)7-11(17-13)15-8-12(19)18-14(4,5)6/h7,9H,8H2,1-6H3,(H,18,19)(H,15,16,17). The van der Waals surface area contributed by atoms with Crippen LogP contribution >= 0.6 is 0 Å². The lowest BCUT2D eigenvalue weighted by molar-refractivity contribution is -0.120. The number of carbonyl (C=O) groups is 1. The van der Waals surface area contributed by atoms with Gasteiger partial charge in [0.15, 0.2) is 0 Å². The third-order valence-electron chi connectivity index (χ3n) is 2.33. The summed E-state index contributed by atoms with van der Waals surface area (Å²) < 4.78 is 0. The Balaban J connectivity index is 2.65. The van der Waals surface area contributed by atoms with E-state index in [-0.39, 0.29) is 23.9 Å². The van der Waals surface area contributed by atoms with E-state index in [4.69, 9.17) is 0 Å². The molecule has 0 aliphatic heterocycles. The van der Waals surface area contributed by atoms with Crippen LogP contribution in [0.2, 0.25) is 0 Å². The zero-order chi connectivity index (χ0) is 14.6. The Morgan fingerprint density at radius 3 is 2.47 bits per heavy atom. The number of hydrogen-bond donors (Lipinski definition) is 2. The van der Waals surface area contributed by atoms with Crippen molar-refractivity contribution in [3.63, 3.8) is 0 Å². The molecule has 0 spiro atoms. The third-order valence-corrected chi connectivity index (χ3v) is 2.33. The molecule has 1 rings (SSSR count). The van der Waals surface area contributed by atoms with Gasteiger partial charge >= 0.3 is 0 Å². The SMILES string of the molecule is Cc1cc(NCC(=O)NC(C)(C)C)nc(C(C)C)n1. The van der Waals surface area contributed by atoms with Crippen molar-refractivity contribution in [2.45, 2.75) is 53.0 Å². The lowest BCUT2D eigenvalue weighted by Crippen LogP contribution is -2.43. The topological polar surface area (TPSA) is 66.9 Å². The average Bonchev–Trinajstić information content (AvgIpc) is 2.23. The quantitative estimate of drug-likeness (QED) is 0.875. The molecule has 1 aromatic heterocycles. The van der Waals surface area contributed by atoms with Crippen LogP contribution in [-0.2, 0) is 4.79 Å². The molecule has 0 aliphatic rings. The highest BCUT2D eigenvalue weighted by atomic mass is 16.2. The van der Waals surface area contributed by atoms with Crippen LogP contribution in [0.25, 0.3) is 0 Å². The van der Waals surface area contributed by atoms with Gasteiger partial charge in [-0.05, 0) is 27.7 Å². The zero-order valence-corrected chi connectivity index (χ0v) is 12.7. The summed E-state index contributed by atoms with van der Waals surface area (Å²) in [6.07, 6.45) is 0. The molecule has 0 fully saturated rings. The summed E-state index contributed by atoms with van der Waals surface area (Å²) in [5.74, 6) is 1.71. The number of nitrogens with zero attached hydrogens (tertiary/aromatic N) is 2. The molecule has 0 aromatic carbocycles. The summed E-state index contributed by atoms with van der Waals surface area (Å²) in [6, 6.07) is 1.84. The Kier molecular flexibility index (Phi) is 4.86. The van der Waals surface area contributed by atoms with Gasteiger partial charge in [0.05, 0.1) is 6.54 Å². The van der Waals surface area contributed by atoms with Gasteiger partial charge in [0.25, 0.3) is 0 Å². The normalized spacial score (nSPS) is 11.5. The Labute approximate surface area is 115 Å². The number of aromatic nitrogens is 2. The number of aryl methyl sites for hydroxylation is 1. The molecule has 2 N–H and O–H groups in total. The fraction of sp³-hybridized carbons (Fsp3) is 0.643. The molecule has 0 aliphatic carbocycles. The lowest BCUT2D eigenvalue weighted by Gasteiger charge is -2.20. The number of hydrogen-bond acceptors (Lipinski definition) is 4. The average molecular weight is 264 g/mol. The molecular weight excluding hydrogens is 240 g/mol. The summed E-state index contributed by atoms with van der Waals surface area (Å²) >= 11 is 0. The second-order valence-corrected chi connectivity index (χ2v) is 6.06. The first-order valence-electron chi connectivity index (χ1n) is 6.58. The predicted molar refractivity (Wildman–Crippen MR) is 77.2 cm³/mol. The van der Waals surface area contributed by atoms with E-state index in [0.717, 1.165) is 11.5 Å². The fourth-order valence-corrected chi connectivity index (χ4v) is 1.57. The van der Waals surface area contributed by atoms with E-state index in [0.29, 0.717) is 5.82 Å². The molecule has 1 amide bonds. The van der Waals surface area contributed by atoms with Crippen LogP contribution in [0.5, 0.6) is 0 Å². The summed E-state index contributed by atoms with van der Waals surface area (Å²) in [4.78, 5) is 20.5. The van der Waals surface area contributed by atoms with Gasteiger partial charge in [-0.2, -0.15) is 0 Å². The van der Waals surface area contributed by atoms with Crippen LogP contribution in [0, 0.1) is 6.92 Å². The molecule has 0 radical (unpaired) electrons. The molecular formula is C14H24N4O. The number of amides is 1. The van der Waals surface area contributed by atoms with Gasteiger partial charge in [0.1, 0.15) is 11.6 Å². The minimum Gasteiger partial charge on any atom is -0.361 e. The minimum absolute atomic E-state index is 0.0464. The number of nitrogens with one attached hydrogen (secondary N) is 2. The van der Waals surface area contributed by atoms with E-state index in [9.17, 15) is 4.79 Å². The van der Waals surface area contributed by atoms with Gasteiger partial charge < -0.3 is 10.6 Å².